The molecule has 0 spiro atoms. The van der Waals surface area contributed by atoms with Gasteiger partial charge in [-0.15, -0.1) is 0 Å². The van der Waals surface area contributed by atoms with Gasteiger partial charge in [0.05, 0.1) is 21.8 Å². The minimum atomic E-state index is -0.484. The van der Waals surface area contributed by atoms with Gasteiger partial charge in [-0.05, 0) is 42.8 Å². The van der Waals surface area contributed by atoms with E-state index in [0.29, 0.717) is 27.1 Å². The third-order valence-electron chi connectivity index (χ3n) is 3.61. The van der Waals surface area contributed by atoms with E-state index < -0.39 is 4.92 Å². The van der Waals surface area contributed by atoms with Gasteiger partial charge < -0.3 is 4.42 Å². The lowest BCUT2D eigenvalue weighted by Gasteiger charge is -2.02. The smallest absolute Gasteiger partial charge is 0.270 e. The first-order chi connectivity index (χ1) is 12.4. The minimum absolute atomic E-state index is 0.0612. The Morgan fingerprint density at radius 1 is 1.12 bits per heavy atom. The Balaban J connectivity index is 1.76. The number of nitrogens with one attached hydrogen (secondary N) is 1. The molecule has 8 heteroatoms. The highest BCUT2D eigenvalue weighted by Gasteiger charge is 2.14. The number of benzene rings is 2. The summed E-state index contributed by atoms with van der Waals surface area (Å²) in [5, 5.41) is 16.0. The molecule has 1 heterocycles. The number of hydrogen-bond acceptors (Lipinski definition) is 5. The highest BCUT2D eigenvalue weighted by Crippen LogP contribution is 2.32. The molecule has 0 amide bonds. The molecule has 3 aromatic rings. The molecule has 0 radical (unpaired) electrons. The van der Waals surface area contributed by atoms with Gasteiger partial charge in [-0.1, -0.05) is 29.3 Å². The lowest BCUT2D eigenvalue weighted by atomic mass is 10.1. The molecule has 0 aliphatic carbocycles. The van der Waals surface area contributed by atoms with Crippen LogP contribution in [-0.2, 0) is 0 Å². The number of halogens is 2. The van der Waals surface area contributed by atoms with Crippen molar-refractivity contribution in [2.45, 2.75) is 6.92 Å². The lowest BCUT2D eigenvalue weighted by Crippen LogP contribution is -1.90. The first-order valence-electron chi connectivity index (χ1n) is 7.53. The van der Waals surface area contributed by atoms with Crippen LogP contribution in [-0.4, -0.2) is 11.1 Å². The molecule has 0 saturated carbocycles. The number of aryl methyl sites for hydroxylation is 1. The largest absolute Gasteiger partial charge is 0.455 e. The highest BCUT2D eigenvalue weighted by molar-refractivity contribution is 6.33. The Kier molecular flexibility index (Phi) is 5.25. The van der Waals surface area contributed by atoms with E-state index in [4.69, 9.17) is 27.6 Å². The third-order valence-corrected chi connectivity index (χ3v) is 4.35. The maximum absolute atomic E-state index is 10.9. The zero-order valence-corrected chi connectivity index (χ0v) is 15.1. The first kappa shape index (κ1) is 18.0. The number of rotatable bonds is 5. The second-order valence-electron chi connectivity index (χ2n) is 5.46. The second kappa shape index (κ2) is 7.59. The van der Waals surface area contributed by atoms with Crippen molar-refractivity contribution in [3.8, 4) is 11.3 Å². The molecule has 6 nitrogen and oxygen atoms in total. The number of furan rings is 1. The van der Waals surface area contributed by atoms with Crippen LogP contribution in [0.25, 0.3) is 11.3 Å². The van der Waals surface area contributed by atoms with Gasteiger partial charge in [-0.2, -0.15) is 5.10 Å². The average molecular weight is 390 g/mol. The number of hydrogen-bond donors (Lipinski definition) is 1. The van der Waals surface area contributed by atoms with Crippen molar-refractivity contribution in [1.82, 2.24) is 0 Å². The molecule has 2 aromatic carbocycles. The van der Waals surface area contributed by atoms with Gasteiger partial charge in [0.1, 0.15) is 11.5 Å². The van der Waals surface area contributed by atoms with E-state index in [9.17, 15) is 10.1 Å². The predicted octanol–water partition coefficient (Wildman–Crippen LogP) is 5.92. The third kappa shape index (κ3) is 4.04. The van der Waals surface area contributed by atoms with E-state index in [-0.39, 0.29) is 5.69 Å². The summed E-state index contributed by atoms with van der Waals surface area (Å²) < 4.78 is 5.64. The predicted molar refractivity (Wildman–Crippen MR) is 103 cm³/mol. The standard InChI is InChI=1S/C18H13Cl2N3O3/c1-11-2-3-12(8-17(11)20)22-21-10-14-5-7-18(26-14)15-9-13(23(24)25)4-6-16(15)19/h2-10,22H,1H3/b21-10-. The monoisotopic (exact) mass is 389 g/mol. The van der Waals surface area contributed by atoms with Crippen molar-refractivity contribution in [3.05, 3.63) is 80.0 Å². The van der Waals surface area contributed by atoms with E-state index >= 15 is 0 Å². The zero-order chi connectivity index (χ0) is 18.7. The van der Waals surface area contributed by atoms with Gasteiger partial charge in [0.2, 0.25) is 0 Å². The maximum Gasteiger partial charge on any atom is 0.270 e. The van der Waals surface area contributed by atoms with Crippen LogP contribution < -0.4 is 5.43 Å². The second-order valence-corrected chi connectivity index (χ2v) is 6.27. The quantitative estimate of drug-likeness (QED) is 0.333. The normalized spacial score (nSPS) is 11.0. The summed E-state index contributed by atoms with van der Waals surface area (Å²) in [7, 11) is 0. The van der Waals surface area contributed by atoms with Crippen LogP contribution in [0.4, 0.5) is 11.4 Å². The van der Waals surface area contributed by atoms with Gasteiger partial charge >= 0.3 is 0 Å². The van der Waals surface area contributed by atoms with Gasteiger partial charge in [0.15, 0.2) is 0 Å². The highest BCUT2D eigenvalue weighted by atomic mass is 35.5. The maximum atomic E-state index is 10.9. The number of hydrazone groups is 1. The summed E-state index contributed by atoms with van der Waals surface area (Å²) in [6, 6.07) is 13.1. The van der Waals surface area contributed by atoms with E-state index in [2.05, 4.69) is 10.5 Å². The van der Waals surface area contributed by atoms with Crippen LogP contribution in [0.3, 0.4) is 0 Å². The van der Waals surface area contributed by atoms with E-state index in [1.54, 1.807) is 18.2 Å². The van der Waals surface area contributed by atoms with Crippen LogP contribution in [0.1, 0.15) is 11.3 Å². The number of anilines is 1. The van der Waals surface area contributed by atoms with E-state index in [1.807, 2.05) is 19.1 Å². The summed E-state index contributed by atoms with van der Waals surface area (Å²) in [5.41, 5.74) is 4.96. The molecule has 1 aromatic heterocycles. The molecule has 0 bridgehead atoms. The number of nitro groups is 1. The molecule has 0 unspecified atom stereocenters. The molecule has 0 aliphatic rings. The number of non-ortho nitro benzene ring substituents is 1. The Hall–Kier alpha value is -2.83. The number of nitro benzene ring substituents is 1. The van der Waals surface area contributed by atoms with Crippen LogP contribution >= 0.6 is 23.2 Å². The summed E-state index contributed by atoms with van der Waals surface area (Å²) in [6.07, 6.45) is 1.49. The van der Waals surface area contributed by atoms with Crippen molar-refractivity contribution in [2.24, 2.45) is 5.10 Å². The van der Waals surface area contributed by atoms with Crippen LogP contribution in [0.15, 0.2) is 58.0 Å². The summed E-state index contributed by atoms with van der Waals surface area (Å²) >= 11 is 12.2. The van der Waals surface area contributed by atoms with Gasteiger partial charge in [0.25, 0.3) is 5.69 Å². The molecular weight excluding hydrogens is 377 g/mol. The Morgan fingerprint density at radius 2 is 1.92 bits per heavy atom. The number of nitrogens with zero attached hydrogens (tertiary/aromatic N) is 2. The Labute approximate surface area is 159 Å². The fourth-order valence-corrected chi connectivity index (χ4v) is 2.61. The Morgan fingerprint density at radius 3 is 2.65 bits per heavy atom. The van der Waals surface area contributed by atoms with E-state index in [0.717, 1.165) is 11.3 Å². The molecule has 26 heavy (non-hydrogen) atoms. The molecule has 0 fully saturated rings. The van der Waals surface area contributed by atoms with E-state index in [1.165, 1.54) is 24.4 Å². The van der Waals surface area contributed by atoms with Crippen LogP contribution in [0.2, 0.25) is 10.0 Å². The minimum Gasteiger partial charge on any atom is -0.455 e. The molecule has 0 aliphatic heterocycles. The summed E-state index contributed by atoms with van der Waals surface area (Å²) in [5.74, 6) is 0.881. The summed E-state index contributed by atoms with van der Waals surface area (Å²) in [6.45, 7) is 1.92. The van der Waals surface area contributed by atoms with Crippen molar-refractivity contribution in [2.75, 3.05) is 5.43 Å². The van der Waals surface area contributed by atoms with Crippen molar-refractivity contribution < 1.29 is 9.34 Å². The van der Waals surface area contributed by atoms with Crippen molar-refractivity contribution in [3.63, 3.8) is 0 Å². The fourth-order valence-electron chi connectivity index (χ4n) is 2.22. The van der Waals surface area contributed by atoms with Crippen LogP contribution in [0, 0.1) is 17.0 Å². The van der Waals surface area contributed by atoms with Crippen LogP contribution in [0.5, 0.6) is 0 Å². The van der Waals surface area contributed by atoms with Crippen molar-refractivity contribution in [1.29, 1.82) is 0 Å². The molecule has 0 saturated heterocycles. The SMILES string of the molecule is Cc1ccc(N/N=C\c2ccc(-c3cc([N+](=O)[O-])ccc3Cl)o2)cc1Cl. The van der Waals surface area contributed by atoms with Gasteiger partial charge in [0, 0.05) is 22.7 Å². The molecular formula is C18H13Cl2N3O3. The molecule has 1 N–H and O–H groups in total. The van der Waals surface area contributed by atoms with Gasteiger partial charge in [-0.25, -0.2) is 0 Å². The zero-order valence-electron chi connectivity index (χ0n) is 13.6. The first-order valence-corrected chi connectivity index (χ1v) is 8.29. The Bertz CT molecular complexity index is 999. The average Bonchev–Trinajstić information content (AvgIpc) is 3.07. The lowest BCUT2D eigenvalue weighted by molar-refractivity contribution is -0.384. The summed E-state index contributed by atoms with van der Waals surface area (Å²) in [4.78, 5) is 10.4. The molecule has 132 valence electrons. The topological polar surface area (TPSA) is 80.7 Å². The fraction of sp³-hybridized carbons (Fsp3) is 0.0556. The molecule has 3 rings (SSSR count). The van der Waals surface area contributed by atoms with Gasteiger partial charge in [-0.3, -0.25) is 15.5 Å². The van der Waals surface area contributed by atoms with Crippen molar-refractivity contribution >= 4 is 40.8 Å². The molecule has 0 atom stereocenters.